The number of aromatic amines is 1. The first-order valence-electron chi connectivity index (χ1n) is 8.10. The van der Waals surface area contributed by atoms with Crippen LogP contribution in [0.25, 0.3) is 10.9 Å². The summed E-state index contributed by atoms with van der Waals surface area (Å²) in [5.74, 6) is -0.314. The highest BCUT2D eigenvalue weighted by Crippen LogP contribution is 2.27. The number of nitrogens with zero attached hydrogens (tertiary/aromatic N) is 1. The smallest absolute Gasteiger partial charge is 0.322 e. The average molecular weight is 323 g/mol. The fourth-order valence-electron chi connectivity index (χ4n) is 3.30. The second-order valence-electron chi connectivity index (χ2n) is 6.09. The molecule has 2 heterocycles. The third kappa shape index (κ3) is 2.73. The molecular weight excluding hydrogens is 305 g/mol. The second kappa shape index (κ2) is 6.00. The number of hydrogen-bond acceptors (Lipinski definition) is 1. The van der Waals surface area contributed by atoms with Crippen molar-refractivity contribution >= 4 is 22.6 Å². The number of aryl methyl sites for hydroxylation is 1. The van der Waals surface area contributed by atoms with Crippen LogP contribution in [0.3, 0.4) is 0 Å². The van der Waals surface area contributed by atoms with Gasteiger partial charge in [-0.05, 0) is 48.7 Å². The van der Waals surface area contributed by atoms with Gasteiger partial charge >= 0.3 is 6.03 Å². The summed E-state index contributed by atoms with van der Waals surface area (Å²) in [6.45, 7) is 1.25. The zero-order chi connectivity index (χ0) is 16.5. The van der Waals surface area contributed by atoms with E-state index in [0.717, 1.165) is 24.1 Å². The van der Waals surface area contributed by atoms with Gasteiger partial charge in [0.1, 0.15) is 5.82 Å². The van der Waals surface area contributed by atoms with Crippen molar-refractivity contribution < 1.29 is 9.18 Å². The highest BCUT2D eigenvalue weighted by molar-refractivity contribution is 5.90. The van der Waals surface area contributed by atoms with Gasteiger partial charge in [-0.25, -0.2) is 9.18 Å². The number of carbonyl (C=O) groups is 1. The van der Waals surface area contributed by atoms with E-state index in [1.165, 1.54) is 23.1 Å². The standard InChI is InChI=1S/C19H18FN3O/c20-13-7-9-14(10-8-13)21-19(24)23-11-3-5-16-15-4-1-2-6-17(15)22-18(16)12-23/h1-2,4,6-10,22H,3,5,11-12H2,(H,21,24). The molecule has 4 rings (SSSR count). The van der Waals surface area contributed by atoms with Crippen molar-refractivity contribution in [3.05, 3.63) is 65.6 Å². The van der Waals surface area contributed by atoms with Crippen LogP contribution in [0.1, 0.15) is 17.7 Å². The zero-order valence-electron chi connectivity index (χ0n) is 13.2. The molecular formula is C19H18FN3O. The number of aromatic nitrogens is 1. The molecule has 0 bridgehead atoms. The fraction of sp³-hybridized carbons (Fsp3) is 0.211. The van der Waals surface area contributed by atoms with Crippen LogP contribution < -0.4 is 5.32 Å². The largest absolute Gasteiger partial charge is 0.357 e. The van der Waals surface area contributed by atoms with E-state index >= 15 is 0 Å². The molecule has 0 radical (unpaired) electrons. The molecule has 0 atom stereocenters. The molecule has 3 aromatic rings. The number of carbonyl (C=O) groups excluding carboxylic acids is 1. The molecule has 1 aliphatic heterocycles. The van der Waals surface area contributed by atoms with E-state index in [2.05, 4.69) is 22.4 Å². The van der Waals surface area contributed by atoms with E-state index < -0.39 is 0 Å². The zero-order valence-corrected chi connectivity index (χ0v) is 13.2. The number of para-hydroxylation sites is 1. The molecule has 2 aromatic carbocycles. The number of hydrogen-bond donors (Lipinski definition) is 2. The summed E-state index contributed by atoms with van der Waals surface area (Å²) in [6, 6.07) is 13.9. The van der Waals surface area contributed by atoms with Crippen molar-refractivity contribution in [3.8, 4) is 0 Å². The number of benzene rings is 2. The summed E-state index contributed by atoms with van der Waals surface area (Å²) in [6.07, 6.45) is 1.88. The molecule has 5 heteroatoms. The molecule has 24 heavy (non-hydrogen) atoms. The number of rotatable bonds is 1. The number of H-pyrrole nitrogens is 1. The maximum Gasteiger partial charge on any atom is 0.322 e. The summed E-state index contributed by atoms with van der Waals surface area (Å²) in [5, 5.41) is 4.08. The third-order valence-electron chi connectivity index (χ3n) is 4.49. The highest BCUT2D eigenvalue weighted by atomic mass is 19.1. The predicted octanol–water partition coefficient (Wildman–Crippen LogP) is 4.29. The molecule has 0 spiro atoms. The van der Waals surface area contributed by atoms with Crippen molar-refractivity contribution in [1.82, 2.24) is 9.88 Å². The van der Waals surface area contributed by atoms with Gasteiger partial charge < -0.3 is 15.2 Å². The Morgan fingerprint density at radius 1 is 1.12 bits per heavy atom. The lowest BCUT2D eigenvalue weighted by molar-refractivity contribution is 0.209. The van der Waals surface area contributed by atoms with Crippen LogP contribution in [0, 0.1) is 5.82 Å². The van der Waals surface area contributed by atoms with Crippen LogP contribution in [-0.4, -0.2) is 22.5 Å². The van der Waals surface area contributed by atoms with Crippen LogP contribution in [0.5, 0.6) is 0 Å². The Bertz CT molecular complexity index is 885. The Balaban J connectivity index is 1.56. The van der Waals surface area contributed by atoms with Gasteiger partial charge in [-0.1, -0.05) is 18.2 Å². The van der Waals surface area contributed by atoms with Gasteiger partial charge in [-0.15, -0.1) is 0 Å². The SMILES string of the molecule is O=C(Nc1ccc(F)cc1)N1CCCc2c([nH]c3ccccc23)C1. The van der Waals surface area contributed by atoms with E-state index in [1.54, 1.807) is 17.0 Å². The first-order chi connectivity index (χ1) is 11.7. The van der Waals surface area contributed by atoms with Crippen molar-refractivity contribution in [2.24, 2.45) is 0 Å². The van der Waals surface area contributed by atoms with Crippen molar-refractivity contribution in [3.63, 3.8) is 0 Å². The molecule has 2 N–H and O–H groups in total. The minimum atomic E-state index is -0.314. The van der Waals surface area contributed by atoms with Gasteiger partial charge in [0, 0.05) is 28.8 Å². The van der Waals surface area contributed by atoms with Gasteiger partial charge in [0.2, 0.25) is 0 Å². The van der Waals surface area contributed by atoms with E-state index in [9.17, 15) is 9.18 Å². The monoisotopic (exact) mass is 323 g/mol. The van der Waals surface area contributed by atoms with Crippen molar-refractivity contribution in [2.45, 2.75) is 19.4 Å². The number of fused-ring (bicyclic) bond motifs is 3. The Labute approximate surface area is 139 Å². The lowest BCUT2D eigenvalue weighted by atomic mass is 10.1. The molecule has 0 unspecified atom stereocenters. The van der Waals surface area contributed by atoms with Crippen LogP contribution in [-0.2, 0) is 13.0 Å². The van der Waals surface area contributed by atoms with E-state index in [1.807, 2.05) is 12.1 Å². The summed E-state index contributed by atoms with van der Waals surface area (Å²) < 4.78 is 13.0. The summed E-state index contributed by atoms with van der Waals surface area (Å²) >= 11 is 0. The molecule has 2 amide bonds. The summed E-state index contributed by atoms with van der Waals surface area (Å²) in [4.78, 5) is 17.8. The highest BCUT2D eigenvalue weighted by Gasteiger charge is 2.22. The average Bonchev–Trinajstić information content (AvgIpc) is 2.79. The number of halogens is 1. The quantitative estimate of drug-likeness (QED) is 0.689. The van der Waals surface area contributed by atoms with Gasteiger partial charge in [0.15, 0.2) is 0 Å². The summed E-state index contributed by atoms with van der Waals surface area (Å²) in [7, 11) is 0. The van der Waals surface area contributed by atoms with Gasteiger partial charge in [-0.2, -0.15) is 0 Å². The first-order valence-corrected chi connectivity index (χ1v) is 8.10. The fourth-order valence-corrected chi connectivity index (χ4v) is 3.30. The molecule has 0 saturated carbocycles. The normalized spacial score (nSPS) is 14.3. The molecule has 0 fully saturated rings. The Hall–Kier alpha value is -2.82. The Morgan fingerprint density at radius 3 is 2.75 bits per heavy atom. The number of anilines is 1. The van der Waals surface area contributed by atoms with Crippen LogP contribution in [0.15, 0.2) is 48.5 Å². The van der Waals surface area contributed by atoms with Crippen molar-refractivity contribution in [2.75, 3.05) is 11.9 Å². The lowest BCUT2D eigenvalue weighted by Gasteiger charge is -2.21. The number of urea groups is 1. The molecule has 1 aromatic heterocycles. The number of nitrogens with one attached hydrogen (secondary N) is 2. The van der Waals surface area contributed by atoms with Crippen molar-refractivity contribution in [1.29, 1.82) is 0 Å². The predicted molar refractivity (Wildman–Crippen MR) is 92.4 cm³/mol. The first kappa shape index (κ1) is 14.8. The lowest BCUT2D eigenvalue weighted by Crippen LogP contribution is -2.34. The van der Waals surface area contributed by atoms with Gasteiger partial charge in [0.05, 0.1) is 6.54 Å². The molecule has 0 saturated heterocycles. The molecule has 1 aliphatic rings. The minimum absolute atomic E-state index is 0.159. The second-order valence-corrected chi connectivity index (χ2v) is 6.09. The van der Waals surface area contributed by atoms with Crippen LogP contribution in [0.2, 0.25) is 0 Å². The minimum Gasteiger partial charge on any atom is -0.357 e. The van der Waals surface area contributed by atoms with Gasteiger partial charge in [-0.3, -0.25) is 0 Å². The van der Waals surface area contributed by atoms with E-state index in [-0.39, 0.29) is 11.8 Å². The van der Waals surface area contributed by atoms with Gasteiger partial charge in [0.25, 0.3) is 0 Å². The molecule has 0 aliphatic carbocycles. The third-order valence-corrected chi connectivity index (χ3v) is 4.49. The maximum atomic E-state index is 13.0. The Kier molecular flexibility index (Phi) is 3.69. The van der Waals surface area contributed by atoms with Crippen LogP contribution in [0.4, 0.5) is 14.9 Å². The van der Waals surface area contributed by atoms with Crippen LogP contribution >= 0.6 is 0 Å². The molecule has 4 nitrogen and oxygen atoms in total. The maximum absolute atomic E-state index is 13.0. The number of amides is 2. The molecule has 122 valence electrons. The van der Waals surface area contributed by atoms with E-state index in [4.69, 9.17) is 0 Å². The summed E-state index contributed by atoms with van der Waals surface area (Å²) in [5.41, 5.74) is 4.12. The topological polar surface area (TPSA) is 48.1 Å². The Morgan fingerprint density at radius 2 is 1.92 bits per heavy atom. The van der Waals surface area contributed by atoms with E-state index in [0.29, 0.717) is 18.8 Å².